The molecule has 1 aliphatic carbocycles. The number of fused-ring (bicyclic) bond motifs is 1. The summed E-state index contributed by atoms with van der Waals surface area (Å²) in [6.07, 6.45) is 2.55. The summed E-state index contributed by atoms with van der Waals surface area (Å²) in [5.41, 5.74) is 6.09. The van der Waals surface area contributed by atoms with Crippen LogP contribution in [-0.2, 0) is 12.8 Å². The van der Waals surface area contributed by atoms with Crippen molar-refractivity contribution in [1.29, 1.82) is 0 Å². The van der Waals surface area contributed by atoms with Crippen molar-refractivity contribution in [2.45, 2.75) is 40.5 Å². The first kappa shape index (κ1) is 9.76. The van der Waals surface area contributed by atoms with E-state index in [1.807, 2.05) is 0 Å². The average molecular weight is 188 g/mol. The number of aryl methyl sites for hydroxylation is 2. The molecule has 0 fully saturated rings. The predicted molar refractivity (Wildman–Crippen MR) is 61.7 cm³/mol. The molecule has 0 nitrogen and oxygen atoms in total. The summed E-state index contributed by atoms with van der Waals surface area (Å²) < 4.78 is 0. The highest BCUT2D eigenvalue weighted by Crippen LogP contribution is 2.31. The van der Waals surface area contributed by atoms with Gasteiger partial charge in [-0.05, 0) is 60.8 Å². The zero-order chi connectivity index (χ0) is 10.3. The van der Waals surface area contributed by atoms with Crippen molar-refractivity contribution in [3.05, 3.63) is 34.4 Å². The quantitative estimate of drug-likeness (QED) is 0.582. The molecule has 0 radical (unpaired) electrons. The molecule has 2 atom stereocenters. The lowest BCUT2D eigenvalue weighted by atomic mass is 9.77. The summed E-state index contributed by atoms with van der Waals surface area (Å²) in [6.45, 7) is 9.20. The van der Waals surface area contributed by atoms with E-state index in [-0.39, 0.29) is 0 Å². The Bertz CT molecular complexity index is 314. The smallest absolute Gasteiger partial charge is 0.0248 e. The Morgan fingerprint density at radius 3 is 1.57 bits per heavy atom. The fraction of sp³-hybridized carbons (Fsp3) is 0.571. The zero-order valence-corrected chi connectivity index (χ0v) is 9.72. The average Bonchev–Trinajstić information content (AvgIpc) is 2.11. The molecule has 0 unspecified atom stereocenters. The van der Waals surface area contributed by atoms with Crippen molar-refractivity contribution in [2.75, 3.05) is 0 Å². The zero-order valence-electron chi connectivity index (χ0n) is 9.72. The third kappa shape index (κ3) is 1.58. The minimum Gasteiger partial charge on any atom is -0.0619 e. The van der Waals surface area contributed by atoms with Crippen molar-refractivity contribution in [1.82, 2.24) is 0 Å². The van der Waals surface area contributed by atoms with Gasteiger partial charge in [-0.1, -0.05) is 26.0 Å². The molecule has 0 aromatic heterocycles. The Labute approximate surface area is 87.3 Å². The van der Waals surface area contributed by atoms with Crippen molar-refractivity contribution in [3.8, 4) is 0 Å². The second-order valence-electron chi connectivity index (χ2n) is 5.07. The lowest BCUT2D eigenvalue weighted by Gasteiger charge is -2.28. The first-order chi connectivity index (χ1) is 6.58. The van der Waals surface area contributed by atoms with Gasteiger partial charge in [-0.15, -0.1) is 0 Å². The van der Waals surface area contributed by atoms with Crippen molar-refractivity contribution in [3.63, 3.8) is 0 Å². The van der Waals surface area contributed by atoms with E-state index in [2.05, 4.69) is 39.8 Å². The van der Waals surface area contributed by atoms with Gasteiger partial charge in [0.25, 0.3) is 0 Å². The molecule has 76 valence electrons. The molecular weight excluding hydrogens is 168 g/mol. The maximum Gasteiger partial charge on any atom is -0.0248 e. The Kier molecular flexibility index (Phi) is 2.38. The number of hydrogen-bond acceptors (Lipinski definition) is 0. The van der Waals surface area contributed by atoms with Crippen LogP contribution in [0.25, 0.3) is 0 Å². The largest absolute Gasteiger partial charge is 0.0619 e. The van der Waals surface area contributed by atoms with Crippen LogP contribution in [0.15, 0.2) is 12.1 Å². The van der Waals surface area contributed by atoms with Crippen LogP contribution in [0, 0.1) is 25.7 Å². The normalized spacial score (nSPS) is 26.0. The first-order valence-corrected chi connectivity index (χ1v) is 5.67. The van der Waals surface area contributed by atoms with E-state index in [4.69, 9.17) is 0 Å². The van der Waals surface area contributed by atoms with E-state index in [1.165, 1.54) is 24.0 Å². The fourth-order valence-electron chi connectivity index (χ4n) is 2.41. The summed E-state index contributed by atoms with van der Waals surface area (Å²) in [5.74, 6) is 1.70. The maximum atomic E-state index is 2.40. The molecule has 0 N–H and O–H groups in total. The molecule has 0 saturated heterocycles. The molecule has 1 aliphatic rings. The minimum atomic E-state index is 0.851. The van der Waals surface area contributed by atoms with Gasteiger partial charge in [-0.3, -0.25) is 0 Å². The molecule has 0 amide bonds. The molecule has 0 bridgehead atoms. The van der Waals surface area contributed by atoms with Gasteiger partial charge < -0.3 is 0 Å². The molecule has 14 heavy (non-hydrogen) atoms. The molecule has 0 heteroatoms. The van der Waals surface area contributed by atoms with Crippen molar-refractivity contribution >= 4 is 0 Å². The van der Waals surface area contributed by atoms with E-state index < -0.39 is 0 Å². The van der Waals surface area contributed by atoms with Crippen molar-refractivity contribution in [2.24, 2.45) is 11.8 Å². The number of benzene rings is 1. The van der Waals surface area contributed by atoms with Crippen LogP contribution in [0.2, 0.25) is 0 Å². The summed E-state index contributed by atoms with van der Waals surface area (Å²) in [5, 5.41) is 0. The summed E-state index contributed by atoms with van der Waals surface area (Å²) >= 11 is 0. The van der Waals surface area contributed by atoms with Gasteiger partial charge in [0.15, 0.2) is 0 Å². The van der Waals surface area contributed by atoms with Crippen LogP contribution in [0.3, 0.4) is 0 Å². The van der Waals surface area contributed by atoms with Gasteiger partial charge >= 0.3 is 0 Å². The van der Waals surface area contributed by atoms with E-state index in [9.17, 15) is 0 Å². The maximum absolute atomic E-state index is 2.40. The summed E-state index contributed by atoms with van der Waals surface area (Å²) in [6, 6.07) is 4.79. The number of rotatable bonds is 0. The van der Waals surface area contributed by atoms with Gasteiger partial charge in [-0.25, -0.2) is 0 Å². The van der Waals surface area contributed by atoms with Gasteiger partial charge in [0.05, 0.1) is 0 Å². The van der Waals surface area contributed by atoms with E-state index >= 15 is 0 Å². The monoisotopic (exact) mass is 188 g/mol. The van der Waals surface area contributed by atoms with Gasteiger partial charge in [0.2, 0.25) is 0 Å². The van der Waals surface area contributed by atoms with E-state index in [0.717, 1.165) is 11.8 Å². The topological polar surface area (TPSA) is 0 Å². The number of hydrogen-bond donors (Lipinski definition) is 0. The van der Waals surface area contributed by atoms with Gasteiger partial charge in [0, 0.05) is 0 Å². The van der Waals surface area contributed by atoms with Crippen LogP contribution in [0.5, 0.6) is 0 Å². The van der Waals surface area contributed by atoms with Crippen molar-refractivity contribution < 1.29 is 0 Å². The SMILES string of the molecule is Cc1cc2c(cc1C)C[C@H](C)[C@H](C)C2. The van der Waals surface area contributed by atoms with Crippen LogP contribution in [0.4, 0.5) is 0 Å². The fourth-order valence-corrected chi connectivity index (χ4v) is 2.41. The molecule has 2 rings (SSSR count). The van der Waals surface area contributed by atoms with Crippen LogP contribution in [-0.4, -0.2) is 0 Å². The third-order valence-electron chi connectivity index (χ3n) is 3.87. The van der Waals surface area contributed by atoms with E-state index in [0.29, 0.717) is 0 Å². The predicted octanol–water partition coefficient (Wildman–Crippen LogP) is 3.67. The first-order valence-electron chi connectivity index (χ1n) is 5.67. The minimum absolute atomic E-state index is 0.851. The highest BCUT2D eigenvalue weighted by atomic mass is 14.3. The Morgan fingerprint density at radius 2 is 1.21 bits per heavy atom. The third-order valence-corrected chi connectivity index (χ3v) is 3.87. The van der Waals surface area contributed by atoms with Crippen LogP contribution >= 0.6 is 0 Å². The second-order valence-corrected chi connectivity index (χ2v) is 5.07. The molecule has 1 aromatic rings. The molecule has 0 saturated carbocycles. The Hall–Kier alpha value is -0.780. The molecule has 1 aromatic carbocycles. The van der Waals surface area contributed by atoms with Crippen LogP contribution < -0.4 is 0 Å². The highest BCUT2D eigenvalue weighted by molar-refractivity contribution is 5.39. The molecule has 0 heterocycles. The van der Waals surface area contributed by atoms with E-state index in [1.54, 1.807) is 11.1 Å². The van der Waals surface area contributed by atoms with Gasteiger partial charge in [0.1, 0.15) is 0 Å². The Balaban J connectivity index is 2.42. The lowest BCUT2D eigenvalue weighted by Crippen LogP contribution is -2.20. The summed E-state index contributed by atoms with van der Waals surface area (Å²) in [4.78, 5) is 0. The molecule has 0 spiro atoms. The van der Waals surface area contributed by atoms with Gasteiger partial charge in [-0.2, -0.15) is 0 Å². The Morgan fingerprint density at radius 1 is 0.857 bits per heavy atom. The van der Waals surface area contributed by atoms with Crippen LogP contribution in [0.1, 0.15) is 36.1 Å². The highest BCUT2D eigenvalue weighted by Gasteiger charge is 2.21. The summed E-state index contributed by atoms with van der Waals surface area (Å²) in [7, 11) is 0. The molecular formula is C14H20. The lowest BCUT2D eigenvalue weighted by molar-refractivity contribution is 0.361. The second kappa shape index (κ2) is 3.42. The standard InChI is InChI=1S/C14H20/c1-9-5-13-7-11(3)12(4)8-14(13)6-10(9)2/h5-6,11-12H,7-8H2,1-4H3/t11-,12+. The molecule has 0 aliphatic heterocycles.